The average molecular weight is 269 g/mol. The molecular weight excluding hydrogens is 264 g/mol. The molecule has 1 unspecified atom stereocenters. The molecule has 0 saturated carbocycles. The van der Waals surface area contributed by atoms with Gasteiger partial charge in [0.1, 0.15) is 0 Å². The van der Waals surface area contributed by atoms with Crippen LogP contribution in [0.25, 0.3) is 0 Å². The van der Waals surface area contributed by atoms with Gasteiger partial charge in [0.15, 0.2) is 0 Å². The number of aliphatic hydroxyl groups is 1. The normalized spacial score (nSPS) is 15.3. The number of alkyl halides is 3. The number of hydrogen-bond acceptors (Lipinski definition) is 1. The highest BCUT2D eigenvalue weighted by Crippen LogP contribution is 2.41. The smallest absolute Gasteiger partial charge is 0.366 e. The molecule has 1 nitrogen and oxygen atoms in total. The Hall–Kier alpha value is -0.890. The van der Waals surface area contributed by atoms with Gasteiger partial charge < -0.3 is 5.11 Å². The number of hydrogen-bond donors (Lipinski definition) is 1. The Morgan fingerprint density at radius 1 is 1.25 bits per heavy atom. The van der Waals surface area contributed by atoms with Crippen LogP contribution in [0.4, 0.5) is 13.2 Å². The lowest BCUT2D eigenvalue weighted by atomic mass is 9.94. The molecule has 0 aliphatic carbocycles. The van der Waals surface area contributed by atoms with Crippen LogP contribution in [0.3, 0.4) is 0 Å². The standard InChI is InChI=1S/C10H5Cl2F3O/c1-2-9(16,10(13,14)15)7-5-6(11)3-4-8(7)12/h1,3-5,16H. The van der Waals surface area contributed by atoms with Crippen LogP contribution in [0.2, 0.25) is 10.0 Å². The highest BCUT2D eigenvalue weighted by Gasteiger charge is 2.55. The molecule has 16 heavy (non-hydrogen) atoms. The largest absolute Gasteiger partial charge is 0.433 e. The van der Waals surface area contributed by atoms with Gasteiger partial charge in [0.25, 0.3) is 0 Å². The summed E-state index contributed by atoms with van der Waals surface area (Å²) in [4.78, 5) is 0. The third-order valence-electron chi connectivity index (χ3n) is 1.94. The Labute approximate surface area is 99.8 Å². The van der Waals surface area contributed by atoms with Crippen molar-refractivity contribution in [2.45, 2.75) is 11.8 Å². The number of halogens is 5. The van der Waals surface area contributed by atoms with E-state index >= 15 is 0 Å². The summed E-state index contributed by atoms with van der Waals surface area (Å²) in [5, 5.41) is 9.12. The van der Waals surface area contributed by atoms with Gasteiger partial charge in [-0.1, -0.05) is 29.1 Å². The minimum atomic E-state index is -5.03. The van der Waals surface area contributed by atoms with Gasteiger partial charge in [-0.05, 0) is 18.2 Å². The van der Waals surface area contributed by atoms with Crippen LogP contribution in [0.5, 0.6) is 0 Å². The van der Waals surface area contributed by atoms with Crippen molar-refractivity contribution in [1.82, 2.24) is 0 Å². The van der Waals surface area contributed by atoms with E-state index in [1.807, 2.05) is 0 Å². The summed E-state index contributed by atoms with van der Waals surface area (Å²) in [5.74, 6) is 1.29. The van der Waals surface area contributed by atoms with Crippen molar-refractivity contribution >= 4 is 23.2 Å². The topological polar surface area (TPSA) is 20.2 Å². The second-order valence-corrected chi connectivity index (χ2v) is 3.82. The van der Waals surface area contributed by atoms with Gasteiger partial charge in [-0.15, -0.1) is 6.42 Å². The molecule has 0 heterocycles. The van der Waals surface area contributed by atoms with Crippen LogP contribution in [-0.4, -0.2) is 11.3 Å². The molecule has 0 spiro atoms. The lowest BCUT2D eigenvalue weighted by molar-refractivity contribution is -0.240. The Bertz CT molecular complexity index is 450. The molecule has 1 N–H and O–H groups in total. The zero-order chi connectivity index (χ0) is 12.6. The third kappa shape index (κ3) is 2.12. The molecule has 1 aromatic rings. The van der Waals surface area contributed by atoms with Crippen LogP contribution >= 0.6 is 23.2 Å². The monoisotopic (exact) mass is 268 g/mol. The molecule has 0 amide bonds. The Morgan fingerprint density at radius 2 is 1.81 bits per heavy atom. The maximum atomic E-state index is 12.6. The molecule has 0 aliphatic rings. The summed E-state index contributed by atoms with van der Waals surface area (Å²) in [6.07, 6.45) is -0.309. The van der Waals surface area contributed by atoms with E-state index < -0.39 is 17.3 Å². The molecule has 0 aliphatic heterocycles. The van der Waals surface area contributed by atoms with Gasteiger partial charge in [0.05, 0.1) is 0 Å². The van der Waals surface area contributed by atoms with Gasteiger partial charge >= 0.3 is 6.18 Å². The van der Waals surface area contributed by atoms with E-state index in [-0.39, 0.29) is 10.0 Å². The van der Waals surface area contributed by atoms with E-state index in [1.165, 1.54) is 12.0 Å². The second kappa shape index (κ2) is 4.17. The Morgan fingerprint density at radius 3 is 2.25 bits per heavy atom. The quantitative estimate of drug-likeness (QED) is 0.775. The average Bonchev–Trinajstić information content (AvgIpc) is 2.19. The van der Waals surface area contributed by atoms with E-state index in [4.69, 9.17) is 29.6 Å². The number of rotatable bonds is 1. The highest BCUT2D eigenvalue weighted by molar-refractivity contribution is 6.33. The Kier molecular flexibility index (Phi) is 3.44. The van der Waals surface area contributed by atoms with Gasteiger partial charge in [0, 0.05) is 15.6 Å². The molecule has 1 aromatic carbocycles. The van der Waals surface area contributed by atoms with E-state index in [0.29, 0.717) is 0 Å². The Balaban J connectivity index is 3.47. The van der Waals surface area contributed by atoms with Crippen LogP contribution in [0.1, 0.15) is 5.56 Å². The van der Waals surface area contributed by atoms with Crippen molar-refractivity contribution in [3.63, 3.8) is 0 Å². The molecule has 1 rings (SSSR count). The van der Waals surface area contributed by atoms with Crippen molar-refractivity contribution in [3.8, 4) is 12.3 Å². The molecule has 0 radical (unpaired) electrons. The predicted octanol–water partition coefficient (Wildman–Crippen LogP) is 3.38. The first-order chi connectivity index (χ1) is 7.22. The van der Waals surface area contributed by atoms with Gasteiger partial charge in [-0.2, -0.15) is 13.2 Å². The molecule has 0 fully saturated rings. The maximum Gasteiger partial charge on any atom is 0.433 e. The van der Waals surface area contributed by atoms with Crippen LogP contribution in [0.15, 0.2) is 18.2 Å². The molecule has 6 heteroatoms. The van der Waals surface area contributed by atoms with E-state index in [9.17, 15) is 18.3 Å². The molecule has 0 bridgehead atoms. The summed E-state index contributed by atoms with van der Waals surface area (Å²) in [6, 6.07) is 3.31. The fourth-order valence-electron chi connectivity index (χ4n) is 1.09. The van der Waals surface area contributed by atoms with Crippen molar-refractivity contribution < 1.29 is 18.3 Å². The summed E-state index contributed by atoms with van der Waals surface area (Å²) in [6.45, 7) is 0. The fourth-order valence-corrected chi connectivity index (χ4v) is 1.51. The van der Waals surface area contributed by atoms with Crippen molar-refractivity contribution in [2.75, 3.05) is 0 Å². The highest BCUT2D eigenvalue weighted by atomic mass is 35.5. The first-order valence-corrected chi connectivity index (χ1v) is 4.70. The van der Waals surface area contributed by atoms with Crippen LogP contribution in [0, 0.1) is 12.3 Å². The summed E-state index contributed by atoms with van der Waals surface area (Å²) < 4.78 is 37.8. The third-order valence-corrected chi connectivity index (χ3v) is 2.50. The van der Waals surface area contributed by atoms with Crippen LogP contribution < -0.4 is 0 Å². The maximum absolute atomic E-state index is 12.6. The predicted molar refractivity (Wildman–Crippen MR) is 55.2 cm³/mol. The minimum absolute atomic E-state index is 0.00248. The molecule has 0 aromatic heterocycles. The summed E-state index contributed by atoms with van der Waals surface area (Å²) in [5.41, 5.74) is -4.09. The van der Waals surface area contributed by atoms with E-state index in [2.05, 4.69) is 0 Å². The van der Waals surface area contributed by atoms with Gasteiger partial charge in [-0.3, -0.25) is 0 Å². The summed E-state index contributed by atoms with van der Waals surface area (Å²) >= 11 is 11.1. The lowest BCUT2D eigenvalue weighted by Crippen LogP contribution is -2.41. The number of benzene rings is 1. The SMILES string of the molecule is C#CC(O)(c1cc(Cl)ccc1Cl)C(F)(F)F. The minimum Gasteiger partial charge on any atom is -0.366 e. The molecule has 0 saturated heterocycles. The fraction of sp³-hybridized carbons (Fsp3) is 0.200. The molecule has 1 atom stereocenters. The zero-order valence-corrected chi connectivity index (χ0v) is 9.16. The lowest BCUT2D eigenvalue weighted by Gasteiger charge is -2.26. The van der Waals surface area contributed by atoms with E-state index in [1.54, 1.807) is 0 Å². The summed E-state index contributed by atoms with van der Waals surface area (Å²) in [7, 11) is 0. The molecule has 86 valence electrons. The van der Waals surface area contributed by atoms with Gasteiger partial charge in [-0.25, -0.2) is 0 Å². The second-order valence-electron chi connectivity index (χ2n) is 2.98. The number of terminal acetylenes is 1. The van der Waals surface area contributed by atoms with Crippen LogP contribution in [-0.2, 0) is 5.60 Å². The van der Waals surface area contributed by atoms with Crippen molar-refractivity contribution in [1.29, 1.82) is 0 Å². The van der Waals surface area contributed by atoms with Gasteiger partial charge in [0.2, 0.25) is 5.60 Å². The van der Waals surface area contributed by atoms with Crippen molar-refractivity contribution in [3.05, 3.63) is 33.8 Å². The first-order valence-electron chi connectivity index (χ1n) is 3.95. The van der Waals surface area contributed by atoms with Crippen molar-refractivity contribution in [2.24, 2.45) is 0 Å². The first kappa shape index (κ1) is 13.2. The molecular formula is C10H5Cl2F3O. The van der Waals surface area contributed by atoms with E-state index in [0.717, 1.165) is 12.1 Å². The zero-order valence-electron chi connectivity index (χ0n) is 7.65.